The van der Waals surface area contributed by atoms with Crippen molar-refractivity contribution in [2.24, 2.45) is 0 Å². The van der Waals surface area contributed by atoms with Crippen molar-refractivity contribution < 1.29 is 0 Å². The van der Waals surface area contributed by atoms with Gasteiger partial charge in [0.25, 0.3) is 0 Å². The predicted octanol–water partition coefficient (Wildman–Crippen LogP) is 3.82. The number of piperidine rings is 1. The summed E-state index contributed by atoms with van der Waals surface area (Å²) in [6, 6.07) is 11.0. The fourth-order valence-corrected chi connectivity index (χ4v) is 5.04. The highest BCUT2D eigenvalue weighted by molar-refractivity contribution is 7.11. The van der Waals surface area contributed by atoms with Gasteiger partial charge < -0.3 is 10.2 Å². The number of benzene rings is 1. The first-order valence-electron chi connectivity index (χ1n) is 9.22. The van der Waals surface area contributed by atoms with E-state index in [4.69, 9.17) is 10.2 Å². The van der Waals surface area contributed by atoms with Gasteiger partial charge in [0.05, 0.1) is 23.4 Å². The fraction of sp³-hybridized carbons (Fsp3) is 0.500. The van der Waals surface area contributed by atoms with Gasteiger partial charge in [-0.1, -0.05) is 0 Å². The maximum absolute atomic E-state index is 8.91. The summed E-state index contributed by atoms with van der Waals surface area (Å²) < 4.78 is 0. The molecule has 1 N–H and O–H groups in total. The van der Waals surface area contributed by atoms with Gasteiger partial charge in [0, 0.05) is 29.7 Å². The van der Waals surface area contributed by atoms with Crippen LogP contribution in [-0.4, -0.2) is 24.1 Å². The van der Waals surface area contributed by atoms with Crippen molar-refractivity contribution in [3.05, 3.63) is 45.4 Å². The lowest BCUT2D eigenvalue weighted by atomic mass is 10.0. The molecule has 0 spiro atoms. The Bertz CT molecular complexity index is 744. The summed E-state index contributed by atoms with van der Waals surface area (Å²) in [4.78, 5) is 8.79. The van der Waals surface area contributed by atoms with Crippen LogP contribution >= 0.6 is 11.3 Å². The van der Waals surface area contributed by atoms with Gasteiger partial charge in [-0.2, -0.15) is 5.26 Å². The topological polar surface area (TPSA) is 52.0 Å². The van der Waals surface area contributed by atoms with E-state index in [0.29, 0.717) is 12.1 Å². The molecule has 2 aliphatic rings. The zero-order valence-electron chi connectivity index (χ0n) is 14.7. The smallest absolute Gasteiger partial charge is 0.110 e. The number of thiazole rings is 1. The van der Waals surface area contributed by atoms with Gasteiger partial charge in [-0.05, 0) is 63.3 Å². The molecule has 1 atom stereocenters. The van der Waals surface area contributed by atoms with Gasteiger partial charge >= 0.3 is 0 Å². The second kappa shape index (κ2) is 7.15. The Morgan fingerprint density at radius 2 is 2.00 bits per heavy atom. The minimum absolute atomic E-state index is 0.349. The van der Waals surface area contributed by atoms with Crippen molar-refractivity contribution >= 4 is 17.0 Å². The molecular weight excluding hydrogens is 328 g/mol. The highest BCUT2D eigenvalue weighted by Crippen LogP contribution is 2.31. The quantitative estimate of drug-likeness (QED) is 0.909. The second-order valence-corrected chi connectivity index (χ2v) is 8.20. The largest absolute Gasteiger partial charge is 0.371 e. The van der Waals surface area contributed by atoms with Crippen LogP contribution in [0.1, 0.15) is 53.4 Å². The Morgan fingerprint density at radius 3 is 2.68 bits per heavy atom. The maximum atomic E-state index is 8.91. The van der Waals surface area contributed by atoms with Crippen LogP contribution in [0.2, 0.25) is 0 Å². The van der Waals surface area contributed by atoms with E-state index in [9.17, 15) is 0 Å². The SMILES string of the molecule is CC(NC1CCN(c2ccc(C#N)cc2)CC1)c1nc2c(s1)CCC2. The third-order valence-electron chi connectivity index (χ3n) is 5.32. The summed E-state index contributed by atoms with van der Waals surface area (Å²) in [5.41, 5.74) is 3.30. The molecule has 130 valence electrons. The van der Waals surface area contributed by atoms with E-state index in [-0.39, 0.29) is 0 Å². The first-order valence-corrected chi connectivity index (χ1v) is 10.0. The number of anilines is 1. The minimum Gasteiger partial charge on any atom is -0.371 e. The summed E-state index contributed by atoms with van der Waals surface area (Å²) >= 11 is 1.91. The van der Waals surface area contributed by atoms with Gasteiger partial charge in [0.15, 0.2) is 0 Å². The van der Waals surface area contributed by atoms with Gasteiger partial charge in [0.1, 0.15) is 5.01 Å². The van der Waals surface area contributed by atoms with E-state index in [2.05, 4.69) is 35.3 Å². The Hall–Kier alpha value is -1.90. The second-order valence-electron chi connectivity index (χ2n) is 7.08. The van der Waals surface area contributed by atoms with Crippen molar-refractivity contribution in [1.82, 2.24) is 10.3 Å². The Kier molecular flexibility index (Phi) is 4.74. The third kappa shape index (κ3) is 3.56. The highest BCUT2D eigenvalue weighted by Gasteiger charge is 2.24. The number of aryl methyl sites for hydroxylation is 2. The van der Waals surface area contributed by atoms with E-state index < -0.39 is 0 Å². The molecule has 1 aliphatic carbocycles. The molecule has 0 amide bonds. The third-order valence-corrected chi connectivity index (χ3v) is 6.66. The Morgan fingerprint density at radius 1 is 1.24 bits per heavy atom. The first kappa shape index (κ1) is 16.6. The Labute approximate surface area is 153 Å². The van der Waals surface area contributed by atoms with E-state index in [1.807, 2.05) is 23.5 Å². The predicted molar refractivity (Wildman–Crippen MR) is 102 cm³/mol. The van der Waals surface area contributed by atoms with E-state index in [0.717, 1.165) is 31.5 Å². The van der Waals surface area contributed by atoms with Crippen LogP contribution in [0.4, 0.5) is 5.69 Å². The van der Waals surface area contributed by atoms with Crippen LogP contribution in [0, 0.1) is 11.3 Å². The van der Waals surface area contributed by atoms with E-state index in [1.54, 1.807) is 0 Å². The van der Waals surface area contributed by atoms with Crippen LogP contribution in [0.3, 0.4) is 0 Å². The van der Waals surface area contributed by atoms with Gasteiger partial charge in [-0.25, -0.2) is 4.98 Å². The summed E-state index contributed by atoms with van der Waals surface area (Å²) in [6.07, 6.45) is 5.97. The molecule has 0 radical (unpaired) electrons. The number of nitrogens with one attached hydrogen (secondary N) is 1. The average molecular weight is 353 g/mol. The molecule has 2 heterocycles. The van der Waals surface area contributed by atoms with Crippen molar-refractivity contribution in [2.45, 2.75) is 51.1 Å². The summed E-state index contributed by atoms with van der Waals surface area (Å²) in [5.74, 6) is 0. The highest BCUT2D eigenvalue weighted by atomic mass is 32.1. The molecule has 4 rings (SSSR count). The van der Waals surface area contributed by atoms with Crippen LogP contribution in [0.15, 0.2) is 24.3 Å². The van der Waals surface area contributed by atoms with Crippen molar-refractivity contribution in [2.75, 3.05) is 18.0 Å². The molecule has 1 unspecified atom stereocenters. The molecule has 0 bridgehead atoms. The normalized spacial score (nSPS) is 18.8. The number of nitriles is 1. The molecule has 1 aromatic carbocycles. The first-order chi connectivity index (χ1) is 12.2. The van der Waals surface area contributed by atoms with Crippen molar-refractivity contribution in [1.29, 1.82) is 5.26 Å². The summed E-state index contributed by atoms with van der Waals surface area (Å²) in [5, 5.41) is 14.0. The van der Waals surface area contributed by atoms with Gasteiger partial charge in [-0.15, -0.1) is 11.3 Å². The molecular formula is C20H24N4S. The molecule has 5 heteroatoms. The number of nitrogens with zero attached hydrogens (tertiary/aromatic N) is 3. The van der Waals surface area contributed by atoms with Crippen LogP contribution in [0.5, 0.6) is 0 Å². The standard InChI is InChI=1S/C20H24N4S/c1-14(20-23-18-3-2-4-19(18)25-20)22-16-9-11-24(12-10-16)17-7-5-15(13-21)6-8-17/h5-8,14,16,22H,2-4,9-12H2,1H3. The minimum atomic E-state index is 0.349. The van der Waals surface area contributed by atoms with Crippen molar-refractivity contribution in [3.63, 3.8) is 0 Å². The van der Waals surface area contributed by atoms with E-state index >= 15 is 0 Å². The van der Waals surface area contributed by atoms with Crippen LogP contribution < -0.4 is 10.2 Å². The monoisotopic (exact) mass is 352 g/mol. The Balaban J connectivity index is 1.31. The summed E-state index contributed by atoms with van der Waals surface area (Å²) in [6.45, 7) is 4.37. The van der Waals surface area contributed by atoms with Crippen LogP contribution in [-0.2, 0) is 12.8 Å². The van der Waals surface area contributed by atoms with Crippen molar-refractivity contribution in [3.8, 4) is 6.07 Å². The molecule has 2 aromatic rings. The molecule has 1 aliphatic heterocycles. The molecule has 1 saturated heterocycles. The van der Waals surface area contributed by atoms with Gasteiger partial charge in [0.2, 0.25) is 0 Å². The lowest BCUT2D eigenvalue weighted by Gasteiger charge is -2.35. The number of aromatic nitrogens is 1. The van der Waals surface area contributed by atoms with Crippen LogP contribution in [0.25, 0.3) is 0 Å². The lowest BCUT2D eigenvalue weighted by Crippen LogP contribution is -2.43. The van der Waals surface area contributed by atoms with E-state index in [1.165, 1.54) is 40.5 Å². The molecule has 25 heavy (non-hydrogen) atoms. The molecule has 1 aromatic heterocycles. The molecule has 4 nitrogen and oxygen atoms in total. The number of hydrogen-bond acceptors (Lipinski definition) is 5. The fourth-order valence-electron chi connectivity index (χ4n) is 3.87. The number of fused-ring (bicyclic) bond motifs is 1. The van der Waals surface area contributed by atoms with Gasteiger partial charge in [-0.3, -0.25) is 0 Å². The average Bonchev–Trinajstić information content (AvgIpc) is 3.24. The maximum Gasteiger partial charge on any atom is 0.110 e. The number of hydrogen-bond donors (Lipinski definition) is 1. The summed E-state index contributed by atoms with van der Waals surface area (Å²) in [7, 11) is 0. The molecule has 0 saturated carbocycles. The zero-order valence-corrected chi connectivity index (χ0v) is 15.5. The lowest BCUT2D eigenvalue weighted by molar-refractivity contribution is 0.380. The number of rotatable bonds is 4. The molecule has 1 fully saturated rings. The zero-order chi connectivity index (χ0) is 17.2.